The summed E-state index contributed by atoms with van der Waals surface area (Å²) in [5.74, 6) is -0.633. The summed E-state index contributed by atoms with van der Waals surface area (Å²) >= 11 is 0. The van der Waals surface area contributed by atoms with Gasteiger partial charge in [-0.3, -0.25) is 9.59 Å². The standard InChI is InChI=1S/C15H18F3NO4/c1-2-22-12-8-6-11(7-9-12)19-13(20)4-3-5-14(21)23-10-15(16,17)18/h6-9H,2-5,10H2,1H3,(H,19,20). The van der Waals surface area contributed by atoms with E-state index in [1.54, 1.807) is 24.3 Å². The first kappa shape index (κ1) is 18.8. The van der Waals surface area contributed by atoms with Crippen molar-refractivity contribution in [2.45, 2.75) is 32.4 Å². The van der Waals surface area contributed by atoms with Gasteiger partial charge in [0, 0.05) is 18.5 Å². The third-order valence-electron chi connectivity index (χ3n) is 2.63. The zero-order chi connectivity index (χ0) is 17.3. The van der Waals surface area contributed by atoms with Crippen LogP contribution in [-0.2, 0) is 14.3 Å². The lowest BCUT2D eigenvalue weighted by Gasteiger charge is -2.08. The molecule has 1 amide bonds. The summed E-state index contributed by atoms with van der Waals surface area (Å²) in [4.78, 5) is 22.7. The average molecular weight is 333 g/mol. The smallest absolute Gasteiger partial charge is 0.422 e. The first-order chi connectivity index (χ1) is 10.8. The summed E-state index contributed by atoms with van der Waals surface area (Å²) in [6, 6.07) is 6.74. The molecule has 1 aromatic carbocycles. The molecule has 0 aliphatic carbocycles. The maximum absolute atomic E-state index is 11.8. The van der Waals surface area contributed by atoms with Gasteiger partial charge in [0.15, 0.2) is 6.61 Å². The van der Waals surface area contributed by atoms with Crippen molar-refractivity contribution in [3.05, 3.63) is 24.3 Å². The van der Waals surface area contributed by atoms with Gasteiger partial charge in [-0.2, -0.15) is 13.2 Å². The lowest BCUT2D eigenvalue weighted by molar-refractivity contribution is -0.186. The molecule has 0 saturated heterocycles. The molecule has 0 unspecified atom stereocenters. The van der Waals surface area contributed by atoms with E-state index < -0.39 is 18.8 Å². The molecule has 0 atom stereocenters. The number of hydrogen-bond donors (Lipinski definition) is 1. The van der Waals surface area contributed by atoms with Crippen LogP contribution >= 0.6 is 0 Å². The van der Waals surface area contributed by atoms with Gasteiger partial charge in [-0.15, -0.1) is 0 Å². The van der Waals surface area contributed by atoms with E-state index in [2.05, 4.69) is 10.1 Å². The molecule has 0 fully saturated rings. The van der Waals surface area contributed by atoms with Crippen LogP contribution in [0.3, 0.4) is 0 Å². The molecule has 1 rings (SSSR count). The largest absolute Gasteiger partial charge is 0.494 e. The van der Waals surface area contributed by atoms with Gasteiger partial charge >= 0.3 is 12.1 Å². The van der Waals surface area contributed by atoms with Gasteiger partial charge in [-0.25, -0.2) is 0 Å². The Morgan fingerprint density at radius 3 is 2.35 bits per heavy atom. The van der Waals surface area contributed by atoms with Crippen molar-refractivity contribution in [3.63, 3.8) is 0 Å². The number of ether oxygens (including phenoxy) is 2. The number of esters is 1. The Labute approximate surface area is 131 Å². The monoisotopic (exact) mass is 333 g/mol. The molecule has 1 aromatic rings. The van der Waals surface area contributed by atoms with E-state index in [0.29, 0.717) is 18.0 Å². The molecule has 0 aliphatic rings. The van der Waals surface area contributed by atoms with E-state index in [4.69, 9.17) is 4.74 Å². The topological polar surface area (TPSA) is 64.6 Å². The number of halogens is 3. The quantitative estimate of drug-likeness (QED) is 0.742. The second-order valence-electron chi connectivity index (χ2n) is 4.63. The fourth-order valence-electron chi connectivity index (χ4n) is 1.65. The van der Waals surface area contributed by atoms with E-state index >= 15 is 0 Å². The fourth-order valence-corrected chi connectivity index (χ4v) is 1.65. The van der Waals surface area contributed by atoms with Gasteiger partial charge in [0.1, 0.15) is 5.75 Å². The molecular formula is C15H18F3NO4. The normalized spacial score (nSPS) is 11.0. The van der Waals surface area contributed by atoms with E-state index in [9.17, 15) is 22.8 Å². The number of hydrogen-bond acceptors (Lipinski definition) is 4. The summed E-state index contributed by atoms with van der Waals surface area (Å²) in [6.45, 7) is 0.787. The second kappa shape index (κ2) is 9.02. The maximum Gasteiger partial charge on any atom is 0.422 e. The van der Waals surface area contributed by atoms with Gasteiger partial charge in [0.05, 0.1) is 6.61 Å². The van der Waals surface area contributed by atoms with Crippen LogP contribution in [0.4, 0.5) is 18.9 Å². The zero-order valence-corrected chi connectivity index (χ0v) is 12.6. The minimum Gasteiger partial charge on any atom is -0.494 e. The van der Waals surface area contributed by atoms with Gasteiger partial charge < -0.3 is 14.8 Å². The third kappa shape index (κ3) is 8.70. The SMILES string of the molecule is CCOc1ccc(NC(=O)CCCC(=O)OCC(F)(F)F)cc1. The zero-order valence-electron chi connectivity index (χ0n) is 12.6. The van der Waals surface area contributed by atoms with Crippen molar-refractivity contribution < 1.29 is 32.2 Å². The Hall–Kier alpha value is -2.25. The fraction of sp³-hybridized carbons (Fsp3) is 0.467. The number of carbonyl (C=O) groups excluding carboxylic acids is 2. The first-order valence-corrected chi connectivity index (χ1v) is 7.05. The maximum atomic E-state index is 11.8. The summed E-state index contributed by atoms with van der Waals surface area (Å²) < 4.78 is 44.8. The molecule has 0 spiro atoms. The first-order valence-electron chi connectivity index (χ1n) is 7.05. The van der Waals surface area contributed by atoms with Crippen LogP contribution in [0.2, 0.25) is 0 Å². The van der Waals surface area contributed by atoms with Crippen molar-refractivity contribution in [2.24, 2.45) is 0 Å². The minimum atomic E-state index is -4.54. The number of rotatable bonds is 8. The van der Waals surface area contributed by atoms with Crippen molar-refractivity contribution in [2.75, 3.05) is 18.5 Å². The molecular weight excluding hydrogens is 315 g/mol. The Morgan fingerprint density at radius 1 is 1.13 bits per heavy atom. The Bertz CT molecular complexity index is 514. The molecule has 0 aliphatic heterocycles. The predicted molar refractivity (Wildman–Crippen MR) is 77.1 cm³/mol. The Balaban J connectivity index is 2.25. The molecule has 8 heteroatoms. The Morgan fingerprint density at radius 2 is 1.78 bits per heavy atom. The predicted octanol–water partition coefficient (Wildman–Crippen LogP) is 3.30. The summed E-state index contributed by atoms with van der Waals surface area (Å²) in [5.41, 5.74) is 0.568. The van der Waals surface area contributed by atoms with Crippen LogP contribution in [0.15, 0.2) is 24.3 Å². The number of nitrogens with one attached hydrogen (secondary N) is 1. The molecule has 0 bridgehead atoms. The van der Waals surface area contributed by atoms with Gasteiger partial charge in [0.2, 0.25) is 5.91 Å². The number of benzene rings is 1. The summed E-state index contributed by atoms with van der Waals surface area (Å²) in [7, 11) is 0. The second-order valence-corrected chi connectivity index (χ2v) is 4.63. The molecule has 0 radical (unpaired) electrons. The number of carbonyl (C=O) groups is 2. The third-order valence-corrected chi connectivity index (χ3v) is 2.63. The van der Waals surface area contributed by atoms with Crippen LogP contribution in [0.1, 0.15) is 26.2 Å². The highest BCUT2D eigenvalue weighted by Gasteiger charge is 2.29. The van der Waals surface area contributed by atoms with Gasteiger partial charge in [0.25, 0.3) is 0 Å². The minimum absolute atomic E-state index is 0.00826. The van der Waals surface area contributed by atoms with E-state index in [0.717, 1.165) is 0 Å². The molecule has 0 aromatic heterocycles. The van der Waals surface area contributed by atoms with E-state index in [1.807, 2.05) is 6.92 Å². The number of anilines is 1. The Kier molecular flexibility index (Phi) is 7.37. The molecule has 1 N–H and O–H groups in total. The average Bonchev–Trinajstić information content (AvgIpc) is 2.47. The molecule has 128 valence electrons. The van der Waals surface area contributed by atoms with Crippen LogP contribution in [0, 0.1) is 0 Å². The number of amides is 1. The van der Waals surface area contributed by atoms with Crippen LogP contribution in [0.5, 0.6) is 5.75 Å². The molecule has 23 heavy (non-hydrogen) atoms. The lowest BCUT2D eigenvalue weighted by atomic mass is 10.2. The van der Waals surface area contributed by atoms with Gasteiger partial charge in [-0.05, 0) is 37.6 Å². The lowest BCUT2D eigenvalue weighted by Crippen LogP contribution is -2.20. The highest BCUT2D eigenvalue weighted by molar-refractivity contribution is 5.90. The summed E-state index contributed by atoms with van der Waals surface area (Å²) in [5, 5.41) is 2.61. The van der Waals surface area contributed by atoms with Crippen molar-refractivity contribution in [1.29, 1.82) is 0 Å². The van der Waals surface area contributed by atoms with Crippen molar-refractivity contribution >= 4 is 17.6 Å². The van der Waals surface area contributed by atoms with Crippen LogP contribution < -0.4 is 10.1 Å². The highest BCUT2D eigenvalue weighted by Crippen LogP contribution is 2.17. The van der Waals surface area contributed by atoms with Crippen LogP contribution in [-0.4, -0.2) is 31.3 Å². The van der Waals surface area contributed by atoms with E-state index in [-0.39, 0.29) is 25.2 Å². The highest BCUT2D eigenvalue weighted by atomic mass is 19.4. The van der Waals surface area contributed by atoms with Gasteiger partial charge in [-0.1, -0.05) is 0 Å². The molecule has 5 nitrogen and oxygen atoms in total. The molecule has 0 heterocycles. The van der Waals surface area contributed by atoms with Crippen molar-refractivity contribution in [1.82, 2.24) is 0 Å². The van der Waals surface area contributed by atoms with Crippen molar-refractivity contribution in [3.8, 4) is 5.75 Å². The van der Waals surface area contributed by atoms with Crippen LogP contribution in [0.25, 0.3) is 0 Å². The molecule has 0 saturated carbocycles. The summed E-state index contributed by atoms with van der Waals surface area (Å²) in [6.07, 6.45) is -4.67. The van der Waals surface area contributed by atoms with E-state index in [1.165, 1.54) is 0 Å². The number of alkyl halides is 3.